The van der Waals surface area contributed by atoms with Crippen molar-refractivity contribution in [3.8, 4) is 0 Å². The number of thiazole rings is 1. The summed E-state index contributed by atoms with van der Waals surface area (Å²) in [5.41, 5.74) is 2.29. The van der Waals surface area contributed by atoms with Crippen LogP contribution in [0.5, 0.6) is 0 Å². The topological polar surface area (TPSA) is 47.7 Å². The smallest absolute Gasteiger partial charge is 0.0947 e. The van der Waals surface area contributed by atoms with Gasteiger partial charge in [-0.15, -0.1) is 11.3 Å². The Morgan fingerprint density at radius 2 is 2.38 bits per heavy atom. The van der Waals surface area contributed by atoms with Crippen LogP contribution in [-0.2, 0) is 22.6 Å². The molecule has 2 aliphatic rings. The minimum Gasteiger partial charge on any atom is -0.472 e. The Morgan fingerprint density at radius 1 is 1.42 bits per heavy atom. The number of aromatic nitrogens is 1. The second-order valence-corrected chi connectivity index (χ2v) is 7.85. The fraction of sp³-hybridized carbons (Fsp3) is 0.611. The molecule has 0 amide bonds. The summed E-state index contributed by atoms with van der Waals surface area (Å²) in [5, 5.41) is 3.18. The molecular weight excluding hydrogens is 324 g/mol. The summed E-state index contributed by atoms with van der Waals surface area (Å²) in [7, 11) is 0. The number of morpholine rings is 1. The third kappa shape index (κ3) is 3.72. The van der Waals surface area contributed by atoms with Crippen LogP contribution in [0.2, 0.25) is 0 Å². The van der Waals surface area contributed by atoms with E-state index in [0.29, 0.717) is 24.7 Å². The van der Waals surface area contributed by atoms with Crippen molar-refractivity contribution >= 4 is 11.3 Å². The van der Waals surface area contributed by atoms with Gasteiger partial charge in [0.2, 0.25) is 0 Å². The van der Waals surface area contributed by atoms with E-state index in [0.717, 1.165) is 49.8 Å². The number of ether oxygens (including phenoxy) is 2. The zero-order valence-electron chi connectivity index (χ0n) is 14.0. The molecule has 3 atom stereocenters. The molecule has 24 heavy (non-hydrogen) atoms. The maximum Gasteiger partial charge on any atom is 0.0947 e. The first kappa shape index (κ1) is 16.3. The van der Waals surface area contributed by atoms with Gasteiger partial charge in [0.25, 0.3) is 0 Å². The SMILES string of the molecule is Cc1nc(COC[C@@H]2C[C@H]3OCCN(Cc4ccoc4)[C@H]3C2)cs1. The third-order valence-corrected chi connectivity index (χ3v) is 5.81. The molecule has 2 aromatic heterocycles. The number of aryl methyl sites for hydroxylation is 1. The highest BCUT2D eigenvalue weighted by molar-refractivity contribution is 7.09. The van der Waals surface area contributed by atoms with Gasteiger partial charge in [0, 0.05) is 30.1 Å². The molecule has 1 aliphatic heterocycles. The van der Waals surface area contributed by atoms with Crippen LogP contribution in [0.4, 0.5) is 0 Å². The number of rotatable bonds is 6. The summed E-state index contributed by atoms with van der Waals surface area (Å²) >= 11 is 1.68. The van der Waals surface area contributed by atoms with Gasteiger partial charge >= 0.3 is 0 Å². The number of fused-ring (bicyclic) bond motifs is 1. The fourth-order valence-electron chi connectivity index (χ4n) is 3.88. The van der Waals surface area contributed by atoms with E-state index in [9.17, 15) is 0 Å². The lowest BCUT2D eigenvalue weighted by Crippen LogP contribution is -2.47. The largest absolute Gasteiger partial charge is 0.472 e. The summed E-state index contributed by atoms with van der Waals surface area (Å²) in [5.74, 6) is 0.574. The van der Waals surface area contributed by atoms with E-state index >= 15 is 0 Å². The highest BCUT2D eigenvalue weighted by Gasteiger charge is 2.40. The van der Waals surface area contributed by atoms with E-state index in [1.54, 1.807) is 17.6 Å². The van der Waals surface area contributed by atoms with Gasteiger partial charge in [-0.25, -0.2) is 4.98 Å². The molecule has 0 bridgehead atoms. The van der Waals surface area contributed by atoms with E-state index in [1.807, 2.05) is 13.2 Å². The molecule has 1 aliphatic carbocycles. The van der Waals surface area contributed by atoms with Crippen molar-refractivity contribution in [3.05, 3.63) is 40.2 Å². The zero-order chi connectivity index (χ0) is 16.4. The van der Waals surface area contributed by atoms with Crippen LogP contribution in [0.15, 0.2) is 28.4 Å². The van der Waals surface area contributed by atoms with Crippen molar-refractivity contribution in [2.45, 2.75) is 45.1 Å². The first-order valence-corrected chi connectivity index (χ1v) is 9.51. The van der Waals surface area contributed by atoms with E-state index in [2.05, 4.69) is 21.3 Å². The molecule has 1 saturated heterocycles. The molecule has 1 saturated carbocycles. The number of hydrogen-bond donors (Lipinski definition) is 0. The van der Waals surface area contributed by atoms with Gasteiger partial charge in [-0.2, -0.15) is 0 Å². The van der Waals surface area contributed by atoms with Crippen LogP contribution in [-0.4, -0.2) is 41.8 Å². The standard InChI is InChI=1S/C18H24N2O3S/c1-13-19-16(12-24-13)11-22-10-15-6-17-18(7-15)23-5-3-20(17)8-14-2-4-21-9-14/h2,4,9,12,15,17-18H,3,5-8,10-11H2,1H3/t15-,17-,18+/m0/s1. The maximum absolute atomic E-state index is 6.02. The van der Waals surface area contributed by atoms with Crippen LogP contribution in [0, 0.1) is 12.8 Å². The van der Waals surface area contributed by atoms with Gasteiger partial charge in [-0.1, -0.05) is 0 Å². The number of nitrogens with zero attached hydrogens (tertiary/aromatic N) is 2. The van der Waals surface area contributed by atoms with Gasteiger partial charge in [0.05, 0.1) is 49.2 Å². The average Bonchev–Trinajstić information content (AvgIpc) is 3.29. The molecule has 0 unspecified atom stereocenters. The van der Waals surface area contributed by atoms with E-state index in [-0.39, 0.29) is 0 Å². The van der Waals surface area contributed by atoms with Crippen LogP contribution in [0.3, 0.4) is 0 Å². The highest BCUT2D eigenvalue weighted by Crippen LogP contribution is 2.35. The molecule has 2 fully saturated rings. The van der Waals surface area contributed by atoms with Crippen molar-refractivity contribution in [1.29, 1.82) is 0 Å². The molecule has 0 aromatic carbocycles. The Hall–Kier alpha value is -1.21. The Kier molecular flexibility index (Phi) is 4.98. The van der Waals surface area contributed by atoms with Gasteiger partial charge in [-0.3, -0.25) is 4.90 Å². The van der Waals surface area contributed by atoms with Crippen LogP contribution in [0.25, 0.3) is 0 Å². The van der Waals surface area contributed by atoms with Gasteiger partial charge in [0.1, 0.15) is 0 Å². The minimum absolute atomic E-state index is 0.348. The summed E-state index contributed by atoms with van der Waals surface area (Å²) in [4.78, 5) is 7.00. The Labute approximate surface area is 146 Å². The van der Waals surface area contributed by atoms with Crippen LogP contribution < -0.4 is 0 Å². The second-order valence-electron chi connectivity index (χ2n) is 6.79. The first-order chi connectivity index (χ1) is 11.8. The average molecular weight is 348 g/mol. The van der Waals surface area contributed by atoms with Gasteiger partial charge < -0.3 is 13.9 Å². The van der Waals surface area contributed by atoms with Gasteiger partial charge in [0.15, 0.2) is 0 Å². The Bertz CT molecular complexity index is 642. The molecule has 4 rings (SSSR count). The van der Waals surface area contributed by atoms with Crippen LogP contribution >= 0.6 is 11.3 Å². The lowest BCUT2D eigenvalue weighted by molar-refractivity contribution is -0.0591. The monoisotopic (exact) mass is 348 g/mol. The van der Waals surface area contributed by atoms with Crippen molar-refractivity contribution in [3.63, 3.8) is 0 Å². The van der Waals surface area contributed by atoms with Crippen molar-refractivity contribution in [2.24, 2.45) is 5.92 Å². The third-order valence-electron chi connectivity index (χ3n) is 4.98. The lowest BCUT2D eigenvalue weighted by Gasteiger charge is -2.37. The Balaban J connectivity index is 1.28. The predicted octanol–water partition coefficient (Wildman–Crippen LogP) is 3.24. The van der Waals surface area contributed by atoms with Gasteiger partial charge in [-0.05, 0) is 31.7 Å². The summed E-state index contributed by atoms with van der Waals surface area (Å²) in [6.45, 7) is 6.22. The maximum atomic E-state index is 6.02. The summed E-state index contributed by atoms with van der Waals surface area (Å²) in [6, 6.07) is 2.55. The zero-order valence-corrected chi connectivity index (χ0v) is 14.8. The lowest BCUT2D eigenvalue weighted by atomic mass is 10.1. The molecule has 130 valence electrons. The van der Waals surface area contributed by atoms with E-state index in [4.69, 9.17) is 13.9 Å². The summed E-state index contributed by atoms with van der Waals surface area (Å²) in [6.07, 6.45) is 6.19. The summed E-state index contributed by atoms with van der Waals surface area (Å²) < 4.78 is 17.1. The molecule has 0 N–H and O–H groups in total. The molecule has 6 heteroatoms. The molecular formula is C18H24N2O3S. The fourth-order valence-corrected chi connectivity index (χ4v) is 4.48. The second kappa shape index (κ2) is 7.35. The first-order valence-electron chi connectivity index (χ1n) is 8.63. The van der Waals surface area contributed by atoms with Crippen molar-refractivity contribution < 1.29 is 13.9 Å². The van der Waals surface area contributed by atoms with Crippen LogP contribution in [0.1, 0.15) is 29.1 Å². The predicted molar refractivity (Wildman–Crippen MR) is 91.9 cm³/mol. The quantitative estimate of drug-likeness (QED) is 0.802. The number of hydrogen-bond acceptors (Lipinski definition) is 6. The number of furan rings is 1. The molecule has 0 radical (unpaired) electrons. The van der Waals surface area contributed by atoms with Crippen molar-refractivity contribution in [1.82, 2.24) is 9.88 Å². The van der Waals surface area contributed by atoms with Crippen molar-refractivity contribution in [2.75, 3.05) is 19.8 Å². The van der Waals surface area contributed by atoms with E-state index < -0.39 is 0 Å². The van der Waals surface area contributed by atoms with E-state index in [1.165, 1.54) is 5.56 Å². The Morgan fingerprint density at radius 3 is 3.17 bits per heavy atom. The molecule has 0 spiro atoms. The normalized spacial score (nSPS) is 27.5. The minimum atomic E-state index is 0.348. The molecule has 5 nitrogen and oxygen atoms in total. The highest BCUT2D eigenvalue weighted by atomic mass is 32.1. The molecule has 3 heterocycles. The molecule has 2 aromatic rings.